The fourth-order valence-electron chi connectivity index (χ4n) is 2.41. The van der Waals surface area contributed by atoms with E-state index in [0.717, 1.165) is 21.5 Å². The molecule has 3 aromatic rings. The summed E-state index contributed by atoms with van der Waals surface area (Å²) in [4.78, 5) is 17.0. The molecule has 0 spiro atoms. The molecule has 3 rings (SSSR count). The first kappa shape index (κ1) is 16.8. The summed E-state index contributed by atoms with van der Waals surface area (Å²) in [6.07, 6.45) is 0. The van der Waals surface area contributed by atoms with Crippen LogP contribution in [0, 0.1) is 6.92 Å². The number of benzene rings is 2. The van der Waals surface area contributed by atoms with Gasteiger partial charge < -0.3 is 5.32 Å². The van der Waals surface area contributed by atoms with Gasteiger partial charge >= 0.3 is 0 Å². The highest BCUT2D eigenvalue weighted by atomic mass is 35.5. The minimum atomic E-state index is -0.283. The van der Waals surface area contributed by atoms with Gasteiger partial charge in [0.05, 0.1) is 26.5 Å². The molecule has 0 aliphatic heterocycles. The van der Waals surface area contributed by atoms with Crippen LogP contribution in [0.5, 0.6) is 0 Å². The summed E-state index contributed by atoms with van der Waals surface area (Å²) >= 11 is 7.53. The minimum Gasteiger partial charge on any atom is -0.324 e. The van der Waals surface area contributed by atoms with Gasteiger partial charge in [0.25, 0.3) is 0 Å². The van der Waals surface area contributed by atoms with Gasteiger partial charge in [-0.05, 0) is 43.7 Å². The molecule has 0 aliphatic carbocycles. The summed E-state index contributed by atoms with van der Waals surface area (Å²) in [6.45, 7) is 3.92. The number of nitrogens with one attached hydrogen (secondary N) is 1. The zero-order valence-corrected chi connectivity index (χ0v) is 15.0. The lowest BCUT2D eigenvalue weighted by molar-refractivity contribution is -0.115. The van der Waals surface area contributed by atoms with Crippen LogP contribution >= 0.6 is 23.4 Å². The first-order valence-electron chi connectivity index (χ1n) is 7.63. The lowest BCUT2D eigenvalue weighted by Gasteiger charge is -2.13. The van der Waals surface area contributed by atoms with E-state index in [1.54, 1.807) is 12.1 Å². The van der Waals surface area contributed by atoms with Crippen molar-refractivity contribution in [3.05, 3.63) is 65.2 Å². The van der Waals surface area contributed by atoms with Gasteiger partial charge in [-0.25, -0.2) is 4.98 Å². The van der Waals surface area contributed by atoms with E-state index in [1.165, 1.54) is 11.8 Å². The first-order chi connectivity index (χ1) is 11.5. The number of thioether (sulfide) groups is 1. The van der Waals surface area contributed by atoms with Crippen molar-refractivity contribution in [3.63, 3.8) is 0 Å². The van der Waals surface area contributed by atoms with E-state index in [2.05, 4.69) is 23.3 Å². The predicted molar refractivity (Wildman–Crippen MR) is 102 cm³/mol. The molecule has 1 atom stereocenters. The molecular weight excluding hydrogens is 340 g/mol. The number of nitrogens with zero attached hydrogens (tertiary/aromatic N) is 1. The minimum absolute atomic E-state index is 0.0966. The lowest BCUT2D eigenvalue weighted by Crippen LogP contribution is -2.22. The number of aromatic nitrogens is 1. The molecule has 1 amide bonds. The van der Waals surface area contributed by atoms with Crippen LogP contribution in [0.2, 0.25) is 5.02 Å². The average molecular weight is 357 g/mol. The van der Waals surface area contributed by atoms with Gasteiger partial charge in [0.2, 0.25) is 5.91 Å². The second kappa shape index (κ2) is 7.24. The zero-order chi connectivity index (χ0) is 17.1. The van der Waals surface area contributed by atoms with Crippen molar-refractivity contribution in [1.29, 1.82) is 0 Å². The molecule has 1 N–H and O–H groups in total. The number of fused-ring (bicyclic) bond motifs is 1. The van der Waals surface area contributed by atoms with Crippen LogP contribution in [0.25, 0.3) is 10.9 Å². The summed E-state index contributed by atoms with van der Waals surface area (Å²) in [5.41, 5.74) is 2.72. The molecule has 0 aliphatic rings. The summed E-state index contributed by atoms with van der Waals surface area (Å²) in [7, 11) is 0. The Morgan fingerprint density at radius 2 is 1.88 bits per heavy atom. The molecule has 1 unspecified atom stereocenters. The monoisotopic (exact) mass is 356 g/mol. The number of halogens is 1. The molecule has 0 fully saturated rings. The second-order valence-corrected chi connectivity index (χ2v) is 7.29. The van der Waals surface area contributed by atoms with Crippen molar-refractivity contribution >= 4 is 45.9 Å². The van der Waals surface area contributed by atoms with Gasteiger partial charge in [-0.3, -0.25) is 4.79 Å². The standard InChI is InChI=1S/C19H17ClN2OS/c1-12-11-18(21-16-9-5-3-7-14(12)16)24-13(2)19(23)22-17-10-6-4-8-15(17)20/h3-11,13H,1-2H3,(H,22,23). The number of anilines is 1. The van der Waals surface area contributed by atoms with Crippen molar-refractivity contribution in [3.8, 4) is 0 Å². The fourth-order valence-corrected chi connectivity index (χ4v) is 3.52. The smallest absolute Gasteiger partial charge is 0.237 e. The number of carbonyl (C=O) groups excluding carboxylic acids is 1. The number of hydrogen-bond acceptors (Lipinski definition) is 3. The van der Waals surface area contributed by atoms with Gasteiger partial charge in [0, 0.05) is 5.39 Å². The predicted octanol–water partition coefficient (Wildman–Crippen LogP) is 5.32. The second-order valence-electron chi connectivity index (χ2n) is 5.52. The Balaban J connectivity index is 1.76. The van der Waals surface area contributed by atoms with E-state index in [9.17, 15) is 4.79 Å². The topological polar surface area (TPSA) is 42.0 Å². The van der Waals surface area contributed by atoms with Crippen molar-refractivity contribution in [1.82, 2.24) is 4.98 Å². The number of hydrogen-bond donors (Lipinski definition) is 1. The Morgan fingerprint density at radius 1 is 1.17 bits per heavy atom. The van der Waals surface area contributed by atoms with Gasteiger partial charge in [-0.1, -0.05) is 53.7 Å². The highest BCUT2D eigenvalue weighted by Crippen LogP contribution is 2.28. The van der Waals surface area contributed by atoms with Crippen LogP contribution in [0.1, 0.15) is 12.5 Å². The molecule has 0 bridgehead atoms. The van der Waals surface area contributed by atoms with E-state index in [0.29, 0.717) is 10.7 Å². The largest absolute Gasteiger partial charge is 0.324 e. The summed E-state index contributed by atoms with van der Waals surface area (Å²) < 4.78 is 0. The molecular formula is C19H17ClN2OS. The van der Waals surface area contributed by atoms with Crippen LogP contribution < -0.4 is 5.32 Å². The number of para-hydroxylation sites is 2. The third-order valence-electron chi connectivity index (χ3n) is 3.70. The molecule has 0 saturated carbocycles. The highest BCUT2D eigenvalue weighted by Gasteiger charge is 2.17. The third-order valence-corrected chi connectivity index (χ3v) is 5.05. The maximum absolute atomic E-state index is 12.4. The van der Waals surface area contributed by atoms with Gasteiger partial charge in [0.1, 0.15) is 0 Å². The molecule has 5 heteroatoms. The number of pyridine rings is 1. The average Bonchev–Trinajstić information content (AvgIpc) is 2.57. The number of carbonyl (C=O) groups is 1. The van der Waals surface area contributed by atoms with E-state index in [-0.39, 0.29) is 11.2 Å². The van der Waals surface area contributed by atoms with Crippen molar-refractivity contribution in [2.75, 3.05) is 5.32 Å². The molecule has 24 heavy (non-hydrogen) atoms. The maximum Gasteiger partial charge on any atom is 0.237 e. The summed E-state index contributed by atoms with van der Waals surface area (Å²) in [5, 5.41) is 5.08. The van der Waals surface area contributed by atoms with Gasteiger partial charge in [0.15, 0.2) is 0 Å². The zero-order valence-electron chi connectivity index (χ0n) is 13.4. The number of rotatable bonds is 4. The highest BCUT2D eigenvalue weighted by molar-refractivity contribution is 8.00. The SMILES string of the molecule is Cc1cc(SC(C)C(=O)Nc2ccccc2Cl)nc2ccccc12. The van der Waals surface area contributed by atoms with E-state index in [1.807, 2.05) is 43.3 Å². The molecule has 0 radical (unpaired) electrons. The van der Waals surface area contributed by atoms with E-state index >= 15 is 0 Å². The Bertz CT molecular complexity index is 897. The lowest BCUT2D eigenvalue weighted by atomic mass is 10.1. The molecule has 3 nitrogen and oxygen atoms in total. The molecule has 1 aromatic heterocycles. The van der Waals surface area contributed by atoms with Crippen molar-refractivity contribution < 1.29 is 4.79 Å². The number of aryl methyl sites for hydroxylation is 1. The van der Waals surface area contributed by atoms with E-state index in [4.69, 9.17) is 11.6 Å². The van der Waals surface area contributed by atoms with Crippen molar-refractivity contribution in [2.24, 2.45) is 0 Å². The van der Waals surface area contributed by atoms with Crippen LogP contribution in [0.4, 0.5) is 5.69 Å². The fraction of sp³-hybridized carbons (Fsp3) is 0.158. The molecule has 122 valence electrons. The Kier molecular flexibility index (Phi) is 5.07. The Labute approximate surface area is 150 Å². The third kappa shape index (κ3) is 3.71. The first-order valence-corrected chi connectivity index (χ1v) is 8.89. The van der Waals surface area contributed by atoms with Crippen LogP contribution in [-0.2, 0) is 4.79 Å². The normalized spacial score (nSPS) is 12.1. The Hall–Kier alpha value is -2.04. The van der Waals surface area contributed by atoms with Crippen LogP contribution in [-0.4, -0.2) is 16.1 Å². The molecule has 2 aromatic carbocycles. The number of amides is 1. The molecule has 0 saturated heterocycles. The van der Waals surface area contributed by atoms with Crippen molar-refractivity contribution in [2.45, 2.75) is 24.1 Å². The maximum atomic E-state index is 12.4. The van der Waals surface area contributed by atoms with Gasteiger partial charge in [-0.15, -0.1) is 0 Å². The van der Waals surface area contributed by atoms with E-state index < -0.39 is 0 Å². The summed E-state index contributed by atoms with van der Waals surface area (Å²) in [6, 6.07) is 17.2. The quantitative estimate of drug-likeness (QED) is 0.643. The molecule has 1 heterocycles. The van der Waals surface area contributed by atoms with Crippen LogP contribution in [0.15, 0.2) is 59.6 Å². The van der Waals surface area contributed by atoms with Gasteiger partial charge in [-0.2, -0.15) is 0 Å². The summed E-state index contributed by atoms with van der Waals surface area (Å²) in [5.74, 6) is -0.0966. The van der Waals surface area contributed by atoms with Crippen LogP contribution in [0.3, 0.4) is 0 Å². The Morgan fingerprint density at radius 3 is 2.67 bits per heavy atom.